The second kappa shape index (κ2) is 5.95. The van der Waals surface area contributed by atoms with Crippen LogP contribution < -0.4 is 0 Å². The Morgan fingerprint density at radius 2 is 2.00 bits per heavy atom. The lowest BCUT2D eigenvalue weighted by molar-refractivity contribution is -0.146. The number of benzene rings is 1. The van der Waals surface area contributed by atoms with Crippen molar-refractivity contribution in [1.29, 1.82) is 0 Å². The van der Waals surface area contributed by atoms with Crippen molar-refractivity contribution in [3.8, 4) is 0 Å². The second-order valence-electron chi connectivity index (χ2n) is 3.76. The molecule has 0 spiro atoms. The van der Waals surface area contributed by atoms with Crippen LogP contribution in [0.4, 0.5) is 0 Å². The molecule has 5 nitrogen and oxygen atoms in total. The molecule has 1 aromatic rings. The molecule has 0 amide bonds. The van der Waals surface area contributed by atoms with E-state index in [0.29, 0.717) is 0 Å². The molecule has 2 atom stereocenters. The van der Waals surface area contributed by atoms with Crippen molar-refractivity contribution in [2.24, 2.45) is 0 Å². The average molecular weight is 273 g/mol. The van der Waals surface area contributed by atoms with Gasteiger partial charge in [0.15, 0.2) is 11.9 Å². The van der Waals surface area contributed by atoms with E-state index in [1.165, 1.54) is 25.1 Å². The molecule has 2 unspecified atom stereocenters. The predicted octanol–water partition coefficient (Wildman–Crippen LogP) is 1.11. The monoisotopic (exact) mass is 272 g/mol. The first kappa shape index (κ1) is 14.6. The van der Waals surface area contributed by atoms with Gasteiger partial charge in [-0.1, -0.05) is 18.2 Å². The Bertz CT molecular complexity index is 470. The van der Waals surface area contributed by atoms with Gasteiger partial charge in [-0.2, -0.15) is 0 Å². The van der Waals surface area contributed by atoms with Crippen molar-refractivity contribution >= 4 is 23.4 Å². The Kier molecular flexibility index (Phi) is 4.84. The molecule has 0 radical (unpaired) electrons. The van der Waals surface area contributed by atoms with Crippen LogP contribution in [0.5, 0.6) is 0 Å². The molecule has 0 heterocycles. The molecular weight excluding hydrogens is 260 g/mol. The fourth-order valence-corrected chi connectivity index (χ4v) is 1.72. The Hall–Kier alpha value is -1.43. The van der Waals surface area contributed by atoms with Crippen LogP contribution in [0.3, 0.4) is 0 Å². The molecule has 0 aliphatic carbocycles. The minimum atomic E-state index is -1.83. The molecule has 1 aromatic carbocycles. The summed E-state index contributed by atoms with van der Waals surface area (Å²) in [7, 11) is 0. The van der Waals surface area contributed by atoms with E-state index in [-0.39, 0.29) is 16.7 Å². The third-order valence-corrected chi connectivity index (χ3v) is 2.69. The first-order chi connectivity index (χ1) is 8.40. The van der Waals surface area contributed by atoms with Gasteiger partial charge in [-0.25, -0.2) is 4.79 Å². The predicted molar refractivity (Wildman–Crippen MR) is 64.6 cm³/mol. The van der Waals surface area contributed by atoms with E-state index < -0.39 is 29.8 Å². The number of carbonyl (C=O) groups is 2. The minimum Gasteiger partial charge on any atom is -0.479 e. The number of ketones is 1. The lowest BCUT2D eigenvalue weighted by Gasteiger charge is -2.15. The smallest absolute Gasteiger partial charge is 0.337 e. The van der Waals surface area contributed by atoms with E-state index in [2.05, 4.69) is 0 Å². The van der Waals surface area contributed by atoms with E-state index >= 15 is 0 Å². The first-order valence-corrected chi connectivity index (χ1v) is 5.65. The van der Waals surface area contributed by atoms with Crippen molar-refractivity contribution in [2.75, 3.05) is 0 Å². The van der Waals surface area contributed by atoms with Gasteiger partial charge in [0.2, 0.25) is 0 Å². The Labute approximate surface area is 109 Å². The lowest BCUT2D eigenvalue weighted by Crippen LogP contribution is -2.20. The topological polar surface area (TPSA) is 94.8 Å². The number of carbonyl (C=O) groups excluding carboxylic acids is 1. The average Bonchev–Trinajstić information content (AvgIpc) is 2.35. The van der Waals surface area contributed by atoms with Gasteiger partial charge in [0.1, 0.15) is 0 Å². The fraction of sp³-hybridized carbons (Fsp3) is 0.333. The highest BCUT2D eigenvalue weighted by molar-refractivity contribution is 6.34. The van der Waals surface area contributed by atoms with Gasteiger partial charge in [0, 0.05) is 11.1 Å². The molecule has 0 aliphatic rings. The number of Topliss-reactive ketones (excluding diaryl/α,β-unsaturated/α-hetero) is 1. The number of carboxylic acid groups (broad SMARTS) is 1. The van der Waals surface area contributed by atoms with Crippen molar-refractivity contribution in [3.63, 3.8) is 0 Å². The van der Waals surface area contributed by atoms with Gasteiger partial charge in [-0.3, -0.25) is 4.79 Å². The number of aliphatic hydroxyl groups excluding tert-OH is 2. The quantitative estimate of drug-likeness (QED) is 0.551. The zero-order valence-corrected chi connectivity index (χ0v) is 10.4. The van der Waals surface area contributed by atoms with E-state index in [4.69, 9.17) is 21.8 Å². The van der Waals surface area contributed by atoms with Gasteiger partial charge in [-0.05, 0) is 12.5 Å². The van der Waals surface area contributed by atoms with Gasteiger partial charge < -0.3 is 15.3 Å². The van der Waals surface area contributed by atoms with Gasteiger partial charge in [0.25, 0.3) is 0 Å². The van der Waals surface area contributed by atoms with Crippen LogP contribution in [0.25, 0.3) is 0 Å². The molecule has 0 saturated carbocycles. The van der Waals surface area contributed by atoms with E-state index in [0.717, 1.165) is 0 Å². The van der Waals surface area contributed by atoms with E-state index in [1.54, 1.807) is 0 Å². The molecule has 1 rings (SSSR count). The third kappa shape index (κ3) is 2.87. The molecule has 18 heavy (non-hydrogen) atoms. The number of rotatable bonds is 5. The van der Waals surface area contributed by atoms with Crippen LogP contribution in [0.1, 0.15) is 34.5 Å². The van der Waals surface area contributed by atoms with Crippen LogP contribution in [0, 0.1) is 0 Å². The zero-order valence-electron chi connectivity index (χ0n) is 9.63. The number of halogens is 1. The number of carboxylic acids is 1. The largest absolute Gasteiger partial charge is 0.479 e. The highest BCUT2D eigenvalue weighted by Gasteiger charge is 2.26. The molecule has 0 aliphatic heterocycles. The maximum absolute atomic E-state index is 11.9. The lowest BCUT2D eigenvalue weighted by atomic mass is 9.93. The van der Waals surface area contributed by atoms with Crippen LogP contribution in [-0.2, 0) is 11.4 Å². The summed E-state index contributed by atoms with van der Waals surface area (Å²) in [4.78, 5) is 22.7. The third-order valence-electron chi connectivity index (χ3n) is 2.49. The molecule has 0 bridgehead atoms. The molecule has 3 N–H and O–H groups in total. The molecule has 0 saturated heterocycles. The molecular formula is C12H13ClO5. The zero-order chi connectivity index (χ0) is 13.9. The maximum Gasteiger partial charge on any atom is 0.337 e. The van der Waals surface area contributed by atoms with E-state index in [1.807, 2.05) is 0 Å². The summed E-state index contributed by atoms with van der Waals surface area (Å²) in [6.45, 7) is 1.000. The highest BCUT2D eigenvalue weighted by Crippen LogP contribution is 2.24. The molecule has 6 heteroatoms. The van der Waals surface area contributed by atoms with Crippen molar-refractivity contribution in [1.82, 2.24) is 0 Å². The highest BCUT2D eigenvalue weighted by atomic mass is 35.5. The Morgan fingerprint density at radius 1 is 1.39 bits per heavy atom. The summed E-state index contributed by atoms with van der Waals surface area (Å²) in [6, 6.07) is 4.26. The summed E-state index contributed by atoms with van der Waals surface area (Å²) in [5.41, 5.74) is 0.147. The van der Waals surface area contributed by atoms with Crippen LogP contribution >= 0.6 is 11.6 Å². The number of aliphatic carboxylic acids is 1. The number of aliphatic hydroxyl groups is 2. The summed E-state index contributed by atoms with van der Waals surface area (Å²) in [6.07, 6.45) is -1.83. The normalized spacial score (nSPS) is 14.0. The summed E-state index contributed by atoms with van der Waals surface area (Å²) in [5.74, 6) is -2.00. The number of hydrogen-bond acceptors (Lipinski definition) is 4. The summed E-state index contributed by atoms with van der Waals surface area (Å²) in [5, 5.41) is 26.6. The van der Waals surface area contributed by atoms with Crippen molar-refractivity contribution < 1.29 is 24.9 Å². The van der Waals surface area contributed by atoms with Crippen LogP contribution in [0.2, 0.25) is 0 Å². The fourth-order valence-electron chi connectivity index (χ4n) is 1.61. The van der Waals surface area contributed by atoms with Gasteiger partial charge >= 0.3 is 5.97 Å². The standard InChI is InChI=1S/C12H13ClO5/c1-6(13)10(15)9-7(5-14)3-2-4-8(9)11(16)12(17)18/h2-4,6,11,14,16H,5H2,1H3,(H,17,18). The minimum absolute atomic E-state index is 0.0302. The van der Waals surface area contributed by atoms with Gasteiger partial charge in [-0.15, -0.1) is 11.6 Å². The summed E-state index contributed by atoms with van der Waals surface area (Å²) < 4.78 is 0. The Morgan fingerprint density at radius 3 is 2.44 bits per heavy atom. The van der Waals surface area contributed by atoms with Crippen LogP contribution in [0.15, 0.2) is 18.2 Å². The van der Waals surface area contributed by atoms with Crippen molar-refractivity contribution in [2.45, 2.75) is 25.0 Å². The number of alkyl halides is 1. The van der Waals surface area contributed by atoms with Crippen molar-refractivity contribution in [3.05, 3.63) is 34.9 Å². The molecule has 0 fully saturated rings. The number of hydrogen-bond donors (Lipinski definition) is 3. The van der Waals surface area contributed by atoms with Crippen LogP contribution in [-0.4, -0.2) is 32.4 Å². The van der Waals surface area contributed by atoms with Gasteiger partial charge in [0.05, 0.1) is 12.0 Å². The summed E-state index contributed by atoms with van der Waals surface area (Å²) >= 11 is 5.69. The SMILES string of the molecule is CC(Cl)C(=O)c1c(CO)cccc1C(O)C(=O)O. The van der Waals surface area contributed by atoms with E-state index in [9.17, 15) is 14.7 Å². The molecule has 98 valence electrons. The maximum atomic E-state index is 11.9. The Balaban J connectivity index is 3.42. The molecule has 0 aromatic heterocycles. The second-order valence-corrected chi connectivity index (χ2v) is 4.42. The first-order valence-electron chi connectivity index (χ1n) is 5.22.